The fourth-order valence-corrected chi connectivity index (χ4v) is 5.99. The summed E-state index contributed by atoms with van der Waals surface area (Å²) in [5.74, 6) is -0.162. The molecule has 0 fully saturated rings. The Kier molecular flexibility index (Phi) is 8.04. The molecule has 1 aromatic heterocycles. The molecule has 1 atom stereocenters. The summed E-state index contributed by atoms with van der Waals surface area (Å²) in [6.07, 6.45) is 1.99. The van der Waals surface area contributed by atoms with Gasteiger partial charge >= 0.3 is 0 Å². The SMILES string of the molecule is CCCCOc1ccc(C(=O)NC[C@H](c2cccs2)S(=O)(=O)c2ccc(F)c(C)c2)cc1. The van der Waals surface area contributed by atoms with Gasteiger partial charge in [-0.1, -0.05) is 19.4 Å². The van der Waals surface area contributed by atoms with E-state index in [0.29, 0.717) is 22.8 Å². The Balaban J connectivity index is 1.75. The molecule has 2 aromatic carbocycles. The molecule has 0 bridgehead atoms. The van der Waals surface area contributed by atoms with Gasteiger partial charge in [0.15, 0.2) is 9.84 Å². The number of sulfone groups is 1. The lowest BCUT2D eigenvalue weighted by molar-refractivity contribution is 0.0953. The van der Waals surface area contributed by atoms with Gasteiger partial charge in [0, 0.05) is 17.0 Å². The number of aryl methyl sites for hydroxylation is 1. The molecule has 0 aliphatic rings. The molecule has 170 valence electrons. The van der Waals surface area contributed by atoms with Crippen molar-refractivity contribution in [2.24, 2.45) is 0 Å². The zero-order valence-electron chi connectivity index (χ0n) is 18.0. The minimum Gasteiger partial charge on any atom is -0.494 e. The van der Waals surface area contributed by atoms with Crippen molar-refractivity contribution in [2.45, 2.75) is 36.8 Å². The van der Waals surface area contributed by atoms with Gasteiger partial charge in [-0.25, -0.2) is 12.8 Å². The van der Waals surface area contributed by atoms with Gasteiger partial charge in [0.2, 0.25) is 0 Å². The zero-order valence-corrected chi connectivity index (χ0v) is 19.6. The number of halogens is 1. The Morgan fingerprint density at radius 1 is 1.16 bits per heavy atom. The van der Waals surface area contributed by atoms with E-state index in [-0.39, 0.29) is 22.9 Å². The average Bonchev–Trinajstić information content (AvgIpc) is 3.30. The van der Waals surface area contributed by atoms with Gasteiger partial charge < -0.3 is 10.1 Å². The summed E-state index contributed by atoms with van der Waals surface area (Å²) in [4.78, 5) is 13.3. The highest BCUT2D eigenvalue weighted by Crippen LogP contribution is 2.32. The van der Waals surface area contributed by atoms with Crippen molar-refractivity contribution in [1.29, 1.82) is 0 Å². The van der Waals surface area contributed by atoms with E-state index in [2.05, 4.69) is 12.2 Å². The fourth-order valence-electron chi connectivity index (χ4n) is 3.12. The van der Waals surface area contributed by atoms with E-state index in [1.807, 2.05) is 0 Å². The minimum absolute atomic E-state index is 0.0256. The molecular formula is C24H26FNO4S2. The van der Waals surface area contributed by atoms with E-state index >= 15 is 0 Å². The van der Waals surface area contributed by atoms with Crippen LogP contribution in [-0.4, -0.2) is 27.5 Å². The number of rotatable bonds is 10. The van der Waals surface area contributed by atoms with E-state index in [9.17, 15) is 17.6 Å². The van der Waals surface area contributed by atoms with Gasteiger partial charge in [-0.15, -0.1) is 11.3 Å². The van der Waals surface area contributed by atoms with E-state index in [0.717, 1.165) is 18.9 Å². The second-order valence-electron chi connectivity index (χ2n) is 7.40. The molecule has 0 saturated carbocycles. The van der Waals surface area contributed by atoms with Crippen LogP contribution >= 0.6 is 11.3 Å². The van der Waals surface area contributed by atoms with Crippen molar-refractivity contribution in [2.75, 3.05) is 13.2 Å². The lowest BCUT2D eigenvalue weighted by atomic mass is 10.2. The van der Waals surface area contributed by atoms with Gasteiger partial charge in [-0.3, -0.25) is 4.79 Å². The molecule has 0 unspecified atom stereocenters. The molecule has 3 aromatic rings. The van der Waals surface area contributed by atoms with Crippen molar-refractivity contribution in [1.82, 2.24) is 5.32 Å². The molecule has 32 heavy (non-hydrogen) atoms. The van der Waals surface area contributed by atoms with Crippen LogP contribution in [0.4, 0.5) is 4.39 Å². The van der Waals surface area contributed by atoms with E-state index < -0.39 is 20.9 Å². The smallest absolute Gasteiger partial charge is 0.251 e. The van der Waals surface area contributed by atoms with Gasteiger partial charge in [-0.2, -0.15) is 0 Å². The highest BCUT2D eigenvalue weighted by molar-refractivity contribution is 7.91. The monoisotopic (exact) mass is 475 g/mol. The second-order valence-corrected chi connectivity index (χ2v) is 10.5. The number of amides is 1. The first-order chi connectivity index (χ1) is 15.3. The van der Waals surface area contributed by atoms with Crippen LogP contribution in [0.2, 0.25) is 0 Å². The van der Waals surface area contributed by atoms with Crippen LogP contribution < -0.4 is 10.1 Å². The van der Waals surface area contributed by atoms with Gasteiger partial charge in [-0.05, 0) is 72.8 Å². The number of thiophene rings is 1. The van der Waals surface area contributed by atoms with Crippen LogP contribution in [0.1, 0.15) is 45.8 Å². The van der Waals surface area contributed by atoms with Gasteiger partial charge in [0.05, 0.1) is 11.5 Å². The minimum atomic E-state index is -3.85. The van der Waals surface area contributed by atoms with Crippen molar-refractivity contribution in [3.05, 3.63) is 81.8 Å². The van der Waals surface area contributed by atoms with Crippen LogP contribution in [0.25, 0.3) is 0 Å². The van der Waals surface area contributed by atoms with Crippen molar-refractivity contribution >= 4 is 27.1 Å². The maximum Gasteiger partial charge on any atom is 0.251 e. The Morgan fingerprint density at radius 2 is 1.91 bits per heavy atom. The molecule has 1 amide bonds. The summed E-state index contributed by atoms with van der Waals surface area (Å²) in [5.41, 5.74) is 0.661. The number of hydrogen-bond donors (Lipinski definition) is 1. The molecule has 5 nitrogen and oxygen atoms in total. The number of carbonyl (C=O) groups is 1. The first kappa shape index (κ1) is 23.9. The summed E-state index contributed by atoms with van der Waals surface area (Å²) >= 11 is 1.30. The first-order valence-electron chi connectivity index (χ1n) is 10.4. The summed E-state index contributed by atoms with van der Waals surface area (Å²) in [6, 6.07) is 14.0. The van der Waals surface area contributed by atoms with Crippen LogP contribution in [0.3, 0.4) is 0 Å². The molecule has 8 heteroatoms. The molecule has 0 radical (unpaired) electrons. The maximum atomic E-state index is 13.7. The number of hydrogen-bond acceptors (Lipinski definition) is 5. The third-order valence-electron chi connectivity index (χ3n) is 5.02. The van der Waals surface area contributed by atoms with Crippen LogP contribution in [0.15, 0.2) is 64.9 Å². The largest absolute Gasteiger partial charge is 0.494 e. The van der Waals surface area contributed by atoms with Crippen molar-refractivity contribution < 1.29 is 22.3 Å². The number of carbonyl (C=O) groups excluding carboxylic acids is 1. The maximum absolute atomic E-state index is 13.7. The number of benzene rings is 2. The number of unbranched alkanes of at least 4 members (excludes halogenated alkanes) is 1. The van der Waals surface area contributed by atoms with E-state index in [1.165, 1.54) is 30.4 Å². The fraction of sp³-hybridized carbons (Fsp3) is 0.292. The van der Waals surface area contributed by atoms with Crippen molar-refractivity contribution in [3.63, 3.8) is 0 Å². The Hall–Kier alpha value is -2.71. The highest BCUT2D eigenvalue weighted by Gasteiger charge is 2.31. The van der Waals surface area contributed by atoms with Gasteiger partial charge in [0.1, 0.15) is 16.8 Å². The third-order valence-corrected chi connectivity index (χ3v) is 8.24. The summed E-state index contributed by atoms with van der Waals surface area (Å²) in [6.45, 7) is 4.11. The predicted octanol–water partition coefficient (Wildman–Crippen LogP) is 5.32. The Labute approximate surface area is 192 Å². The van der Waals surface area contributed by atoms with Crippen molar-refractivity contribution in [3.8, 4) is 5.75 Å². The quantitative estimate of drug-likeness (QED) is 0.318. The third kappa shape index (κ3) is 5.75. The number of ether oxygens (including phenoxy) is 1. The molecular weight excluding hydrogens is 449 g/mol. The molecule has 0 aliphatic heterocycles. The lowest BCUT2D eigenvalue weighted by Gasteiger charge is -2.18. The van der Waals surface area contributed by atoms with Crippen LogP contribution in [-0.2, 0) is 9.84 Å². The topological polar surface area (TPSA) is 72.5 Å². The lowest BCUT2D eigenvalue weighted by Crippen LogP contribution is -2.31. The predicted molar refractivity (Wildman–Crippen MR) is 125 cm³/mol. The number of nitrogens with one attached hydrogen (secondary N) is 1. The first-order valence-corrected chi connectivity index (χ1v) is 12.8. The molecule has 0 spiro atoms. The standard InChI is InChI=1S/C24H26FNO4S2/c1-3-4-13-30-19-9-7-18(8-10-19)24(27)26-16-23(22-6-5-14-31-22)32(28,29)20-11-12-21(25)17(2)15-20/h5-12,14-15,23H,3-4,13,16H2,1-2H3,(H,26,27)/t23-/m1/s1. The summed E-state index contributed by atoms with van der Waals surface area (Å²) in [7, 11) is -3.85. The Morgan fingerprint density at radius 3 is 2.53 bits per heavy atom. The molecule has 1 N–H and O–H groups in total. The zero-order chi connectivity index (χ0) is 23.1. The molecule has 3 rings (SSSR count). The summed E-state index contributed by atoms with van der Waals surface area (Å²) in [5, 5.41) is 3.54. The second kappa shape index (κ2) is 10.7. The van der Waals surface area contributed by atoms with Crippen LogP contribution in [0.5, 0.6) is 5.75 Å². The van der Waals surface area contributed by atoms with Crippen LogP contribution in [0, 0.1) is 12.7 Å². The summed E-state index contributed by atoms with van der Waals surface area (Å²) < 4.78 is 45.9. The van der Waals surface area contributed by atoms with E-state index in [4.69, 9.17) is 4.74 Å². The van der Waals surface area contributed by atoms with E-state index in [1.54, 1.807) is 41.8 Å². The van der Waals surface area contributed by atoms with Gasteiger partial charge in [0.25, 0.3) is 5.91 Å². The molecule has 0 aliphatic carbocycles. The molecule has 1 heterocycles. The molecule has 0 saturated heterocycles. The Bertz CT molecular complexity index is 1140. The normalized spacial score (nSPS) is 12.3. The highest BCUT2D eigenvalue weighted by atomic mass is 32.2. The average molecular weight is 476 g/mol.